The smallest absolute Gasteiger partial charge is 0.0672 e. The highest BCUT2D eigenvalue weighted by atomic mass is 15.2. The van der Waals surface area contributed by atoms with Crippen LogP contribution in [-0.4, -0.2) is 0 Å². The third-order valence-corrected chi connectivity index (χ3v) is 7.38. The quantitative estimate of drug-likeness (QED) is 0.288. The predicted octanol–water partition coefficient (Wildman–Crippen LogP) is 8.99. The van der Waals surface area contributed by atoms with Gasteiger partial charge in [0.1, 0.15) is 0 Å². The largest absolute Gasteiger partial charge is 0.331 e. The minimum Gasteiger partial charge on any atom is -0.331 e. The second kappa shape index (κ2) is 8.82. The Morgan fingerprint density at radius 1 is 0.594 bits per heavy atom. The summed E-state index contributed by atoms with van der Waals surface area (Å²) in [5.41, 5.74) is 5.20. The molecule has 4 rings (SSSR count). The Bertz CT molecular complexity index is 1170. The van der Waals surface area contributed by atoms with Gasteiger partial charge in [-0.3, -0.25) is 0 Å². The maximum Gasteiger partial charge on any atom is 0.0672 e. The lowest BCUT2D eigenvalue weighted by molar-refractivity contribution is 0.462. The molecule has 0 bridgehead atoms. The van der Waals surface area contributed by atoms with E-state index < -0.39 is 0 Å². The van der Waals surface area contributed by atoms with Crippen LogP contribution in [-0.2, 0) is 11.0 Å². The lowest BCUT2D eigenvalue weighted by Crippen LogP contribution is -2.40. The third-order valence-electron chi connectivity index (χ3n) is 7.38. The molecule has 0 aliphatic carbocycles. The monoisotopic (exact) mass is 421 g/mol. The topological polar surface area (TPSA) is 3.24 Å². The lowest BCUT2D eigenvalue weighted by Gasteiger charge is -2.44. The standard InChI is InChI=1S/C31H35N/c1-6-30(3,4)25-20-22-26(23-21-25)31(5,7-2)32(27-16-9-8-10-17-27)29-19-13-15-24-14-11-12-18-28(24)29/h8-23H,6-7H2,1-5H3. The van der Waals surface area contributed by atoms with Gasteiger partial charge in [0.25, 0.3) is 0 Å². The molecule has 0 aromatic heterocycles. The number of para-hydroxylation sites is 1. The summed E-state index contributed by atoms with van der Waals surface area (Å²) in [6.07, 6.45) is 2.12. The Morgan fingerprint density at radius 2 is 1.19 bits per heavy atom. The first-order chi connectivity index (χ1) is 15.4. The molecule has 0 fully saturated rings. The minimum absolute atomic E-state index is 0.190. The molecule has 0 saturated carbocycles. The van der Waals surface area contributed by atoms with Crippen LogP contribution in [0.1, 0.15) is 58.6 Å². The van der Waals surface area contributed by atoms with Crippen molar-refractivity contribution < 1.29 is 0 Å². The van der Waals surface area contributed by atoms with Crippen LogP contribution in [0.15, 0.2) is 97.1 Å². The van der Waals surface area contributed by atoms with Crippen LogP contribution < -0.4 is 4.90 Å². The number of rotatable bonds is 7. The Kier molecular flexibility index (Phi) is 6.11. The second-order valence-electron chi connectivity index (χ2n) is 9.61. The first-order valence-corrected chi connectivity index (χ1v) is 11.8. The maximum absolute atomic E-state index is 2.54. The summed E-state index contributed by atoms with van der Waals surface area (Å²) in [7, 11) is 0. The summed E-state index contributed by atoms with van der Waals surface area (Å²) in [5, 5.41) is 2.55. The third kappa shape index (κ3) is 3.93. The molecule has 0 aliphatic heterocycles. The average Bonchev–Trinajstić information content (AvgIpc) is 2.85. The van der Waals surface area contributed by atoms with Gasteiger partial charge in [-0.25, -0.2) is 0 Å². The van der Waals surface area contributed by atoms with Crippen molar-refractivity contribution in [3.8, 4) is 0 Å². The Hall–Kier alpha value is -3.06. The number of hydrogen-bond donors (Lipinski definition) is 0. The zero-order valence-corrected chi connectivity index (χ0v) is 20.1. The number of benzene rings is 4. The first kappa shape index (κ1) is 22.1. The molecule has 1 atom stereocenters. The molecule has 0 spiro atoms. The second-order valence-corrected chi connectivity index (χ2v) is 9.61. The fourth-order valence-corrected chi connectivity index (χ4v) is 4.65. The van der Waals surface area contributed by atoms with E-state index in [2.05, 4.69) is 137 Å². The molecule has 0 radical (unpaired) electrons. The van der Waals surface area contributed by atoms with Crippen molar-refractivity contribution in [1.29, 1.82) is 0 Å². The van der Waals surface area contributed by atoms with Crippen LogP contribution >= 0.6 is 0 Å². The van der Waals surface area contributed by atoms with Gasteiger partial charge in [0.15, 0.2) is 0 Å². The molecule has 164 valence electrons. The lowest BCUT2D eigenvalue weighted by atomic mass is 9.79. The van der Waals surface area contributed by atoms with Gasteiger partial charge in [-0.05, 0) is 59.9 Å². The van der Waals surface area contributed by atoms with E-state index in [9.17, 15) is 0 Å². The van der Waals surface area contributed by atoms with E-state index in [1.807, 2.05) is 0 Å². The van der Waals surface area contributed by atoms with Gasteiger partial charge in [-0.15, -0.1) is 0 Å². The van der Waals surface area contributed by atoms with Gasteiger partial charge in [0.05, 0.1) is 5.54 Å². The highest BCUT2D eigenvalue weighted by Crippen LogP contribution is 2.44. The molecule has 0 aliphatic rings. The van der Waals surface area contributed by atoms with E-state index in [0.717, 1.165) is 12.8 Å². The summed E-state index contributed by atoms with van der Waals surface area (Å²) in [4.78, 5) is 2.54. The van der Waals surface area contributed by atoms with Crippen LogP contribution in [0.3, 0.4) is 0 Å². The zero-order chi connectivity index (χ0) is 22.8. The van der Waals surface area contributed by atoms with Gasteiger partial charge < -0.3 is 4.90 Å². The van der Waals surface area contributed by atoms with Gasteiger partial charge in [0, 0.05) is 16.8 Å². The molecule has 4 aromatic carbocycles. The highest BCUT2D eigenvalue weighted by Gasteiger charge is 2.34. The van der Waals surface area contributed by atoms with Crippen molar-refractivity contribution in [2.24, 2.45) is 0 Å². The summed E-state index contributed by atoms with van der Waals surface area (Å²) < 4.78 is 0. The molecular weight excluding hydrogens is 386 g/mol. The molecule has 1 unspecified atom stereocenters. The number of fused-ring (bicyclic) bond motifs is 1. The number of nitrogens with zero attached hydrogens (tertiary/aromatic N) is 1. The Labute approximate surface area is 193 Å². The zero-order valence-electron chi connectivity index (χ0n) is 20.1. The predicted molar refractivity (Wildman–Crippen MR) is 140 cm³/mol. The summed E-state index contributed by atoms with van der Waals surface area (Å²) >= 11 is 0. The van der Waals surface area contributed by atoms with Crippen LogP contribution in [0, 0.1) is 0 Å². The van der Waals surface area contributed by atoms with Gasteiger partial charge in [-0.1, -0.05) is 107 Å². The number of anilines is 2. The molecule has 0 amide bonds. The molecule has 32 heavy (non-hydrogen) atoms. The fraction of sp³-hybridized carbons (Fsp3) is 0.290. The fourth-order valence-electron chi connectivity index (χ4n) is 4.65. The van der Waals surface area contributed by atoms with E-state index in [4.69, 9.17) is 0 Å². The van der Waals surface area contributed by atoms with E-state index in [0.29, 0.717) is 0 Å². The van der Waals surface area contributed by atoms with Crippen molar-refractivity contribution in [3.63, 3.8) is 0 Å². The number of hydrogen-bond acceptors (Lipinski definition) is 1. The van der Waals surface area contributed by atoms with Crippen molar-refractivity contribution in [1.82, 2.24) is 0 Å². The summed E-state index contributed by atoms with van der Waals surface area (Å²) in [6.45, 7) is 11.6. The normalized spacial score (nSPS) is 13.7. The summed E-state index contributed by atoms with van der Waals surface area (Å²) in [6, 6.07) is 35.5. The van der Waals surface area contributed by atoms with Gasteiger partial charge in [-0.2, -0.15) is 0 Å². The molecule has 0 N–H and O–H groups in total. The van der Waals surface area contributed by atoms with Crippen molar-refractivity contribution in [3.05, 3.63) is 108 Å². The molecule has 1 nitrogen and oxygen atoms in total. The van der Waals surface area contributed by atoms with Crippen LogP contribution in [0.5, 0.6) is 0 Å². The Balaban J connectivity index is 1.92. The minimum atomic E-state index is -0.194. The van der Waals surface area contributed by atoms with Crippen LogP contribution in [0.25, 0.3) is 10.8 Å². The highest BCUT2D eigenvalue weighted by molar-refractivity contribution is 5.96. The average molecular weight is 422 g/mol. The summed E-state index contributed by atoms with van der Waals surface area (Å²) in [5.74, 6) is 0. The molecule has 1 heteroatoms. The molecule has 4 aromatic rings. The van der Waals surface area contributed by atoms with Crippen LogP contribution in [0.2, 0.25) is 0 Å². The Morgan fingerprint density at radius 3 is 1.84 bits per heavy atom. The molecular formula is C31H35N. The van der Waals surface area contributed by atoms with Crippen molar-refractivity contribution in [2.45, 2.75) is 58.4 Å². The van der Waals surface area contributed by atoms with Crippen molar-refractivity contribution in [2.75, 3.05) is 4.90 Å². The molecule has 0 saturated heterocycles. The van der Waals surface area contributed by atoms with Gasteiger partial charge in [0.2, 0.25) is 0 Å². The van der Waals surface area contributed by atoms with E-state index in [-0.39, 0.29) is 11.0 Å². The van der Waals surface area contributed by atoms with E-state index in [1.54, 1.807) is 0 Å². The first-order valence-electron chi connectivity index (χ1n) is 11.8. The van der Waals surface area contributed by atoms with Crippen LogP contribution in [0.4, 0.5) is 11.4 Å². The van der Waals surface area contributed by atoms with E-state index in [1.165, 1.54) is 33.3 Å². The molecule has 0 heterocycles. The van der Waals surface area contributed by atoms with Gasteiger partial charge >= 0.3 is 0 Å². The maximum atomic E-state index is 2.54. The van der Waals surface area contributed by atoms with E-state index >= 15 is 0 Å². The SMILES string of the molecule is CCC(C)(C)c1ccc(C(C)(CC)N(c2ccccc2)c2cccc3ccccc23)cc1. The van der Waals surface area contributed by atoms with Crippen molar-refractivity contribution >= 4 is 22.1 Å².